The van der Waals surface area contributed by atoms with Crippen LogP contribution in [0.4, 0.5) is 0 Å². The number of rotatable bonds is 5. The summed E-state index contributed by atoms with van der Waals surface area (Å²) in [5.74, 6) is -0.476. The monoisotopic (exact) mass is 331 g/mol. The van der Waals surface area contributed by atoms with Crippen molar-refractivity contribution in [1.29, 1.82) is 0 Å². The summed E-state index contributed by atoms with van der Waals surface area (Å²) in [7, 11) is 0. The molecule has 1 amide bonds. The Morgan fingerprint density at radius 1 is 1.35 bits per heavy atom. The van der Waals surface area contributed by atoms with E-state index in [9.17, 15) is 9.90 Å². The SMILES string of the molecule is CC1=C(O)C(=O)N(CCCn2ccnc2)C1c1cccc(Cl)c1. The van der Waals surface area contributed by atoms with Crippen molar-refractivity contribution in [2.75, 3.05) is 6.54 Å². The van der Waals surface area contributed by atoms with Crippen molar-refractivity contribution in [2.24, 2.45) is 0 Å². The minimum atomic E-state index is -0.321. The van der Waals surface area contributed by atoms with Crippen molar-refractivity contribution in [3.63, 3.8) is 0 Å². The van der Waals surface area contributed by atoms with Crippen LogP contribution < -0.4 is 0 Å². The molecule has 0 bridgehead atoms. The van der Waals surface area contributed by atoms with Crippen LogP contribution in [0.5, 0.6) is 0 Å². The van der Waals surface area contributed by atoms with Crippen LogP contribution in [0, 0.1) is 0 Å². The number of nitrogens with zero attached hydrogens (tertiary/aromatic N) is 3. The maximum absolute atomic E-state index is 12.3. The number of aliphatic hydroxyl groups excluding tert-OH is 1. The zero-order valence-corrected chi connectivity index (χ0v) is 13.6. The number of aliphatic hydroxyl groups is 1. The standard InChI is InChI=1S/C17H18ClN3O2/c1-12-15(13-4-2-5-14(18)10-13)21(17(23)16(12)22)8-3-7-20-9-6-19-11-20/h2,4-6,9-11,15,22H,3,7-8H2,1H3. The number of carbonyl (C=O) groups excluding carboxylic acids is 1. The van der Waals surface area contributed by atoms with E-state index in [-0.39, 0.29) is 17.7 Å². The second-order valence-electron chi connectivity index (χ2n) is 5.64. The van der Waals surface area contributed by atoms with E-state index in [0.29, 0.717) is 17.1 Å². The van der Waals surface area contributed by atoms with E-state index in [4.69, 9.17) is 11.6 Å². The molecule has 6 heteroatoms. The molecule has 3 rings (SSSR count). The maximum atomic E-state index is 12.3. The third-order valence-corrected chi connectivity index (χ3v) is 4.33. The van der Waals surface area contributed by atoms with Crippen LogP contribution in [0.25, 0.3) is 0 Å². The number of aromatic nitrogens is 2. The highest BCUT2D eigenvalue weighted by molar-refractivity contribution is 6.30. The van der Waals surface area contributed by atoms with Crippen LogP contribution in [0.3, 0.4) is 0 Å². The largest absolute Gasteiger partial charge is 0.503 e. The van der Waals surface area contributed by atoms with Gasteiger partial charge in [-0.05, 0) is 31.0 Å². The van der Waals surface area contributed by atoms with Crippen molar-refractivity contribution in [2.45, 2.75) is 25.9 Å². The highest BCUT2D eigenvalue weighted by Crippen LogP contribution is 2.37. The van der Waals surface area contributed by atoms with Crippen molar-refractivity contribution in [3.8, 4) is 0 Å². The number of halogens is 1. The Labute approximate surface area is 139 Å². The van der Waals surface area contributed by atoms with Crippen LogP contribution in [-0.2, 0) is 11.3 Å². The quantitative estimate of drug-likeness (QED) is 0.914. The molecule has 1 aliphatic rings. The molecule has 1 unspecified atom stereocenters. The number of benzene rings is 1. The van der Waals surface area contributed by atoms with Gasteiger partial charge in [0.25, 0.3) is 5.91 Å². The van der Waals surface area contributed by atoms with Gasteiger partial charge >= 0.3 is 0 Å². The van der Waals surface area contributed by atoms with E-state index >= 15 is 0 Å². The summed E-state index contributed by atoms with van der Waals surface area (Å²) < 4.78 is 1.97. The van der Waals surface area contributed by atoms with Gasteiger partial charge in [-0.2, -0.15) is 0 Å². The molecular formula is C17H18ClN3O2. The number of aryl methyl sites for hydroxylation is 1. The molecular weight excluding hydrogens is 314 g/mol. The van der Waals surface area contributed by atoms with Gasteiger partial charge in [0.1, 0.15) is 0 Å². The fourth-order valence-corrected chi connectivity index (χ4v) is 3.16. The summed E-state index contributed by atoms with van der Waals surface area (Å²) in [5, 5.41) is 10.7. The van der Waals surface area contributed by atoms with Crippen LogP contribution in [-0.4, -0.2) is 32.0 Å². The molecule has 2 heterocycles. The molecule has 1 N–H and O–H groups in total. The third-order valence-electron chi connectivity index (χ3n) is 4.10. The molecule has 1 aromatic heterocycles. The summed E-state index contributed by atoms with van der Waals surface area (Å²) in [6, 6.07) is 7.15. The van der Waals surface area contributed by atoms with E-state index < -0.39 is 0 Å². The smallest absolute Gasteiger partial charge is 0.289 e. The summed E-state index contributed by atoms with van der Waals surface area (Å²) in [4.78, 5) is 18.0. The van der Waals surface area contributed by atoms with E-state index in [1.54, 1.807) is 30.4 Å². The highest BCUT2D eigenvalue weighted by Gasteiger charge is 2.37. The lowest BCUT2D eigenvalue weighted by Crippen LogP contribution is -2.31. The predicted octanol–water partition coefficient (Wildman–Crippen LogP) is 3.34. The van der Waals surface area contributed by atoms with Gasteiger partial charge in [-0.15, -0.1) is 0 Å². The molecule has 0 radical (unpaired) electrons. The number of hydrogen-bond acceptors (Lipinski definition) is 3. The van der Waals surface area contributed by atoms with Gasteiger partial charge < -0.3 is 14.6 Å². The molecule has 23 heavy (non-hydrogen) atoms. The van der Waals surface area contributed by atoms with Crippen LogP contribution >= 0.6 is 11.6 Å². The summed E-state index contributed by atoms with van der Waals surface area (Å²) >= 11 is 6.07. The fraction of sp³-hybridized carbons (Fsp3) is 0.294. The maximum Gasteiger partial charge on any atom is 0.289 e. The number of amides is 1. The van der Waals surface area contributed by atoms with E-state index in [1.807, 2.05) is 29.0 Å². The lowest BCUT2D eigenvalue weighted by atomic mass is 10.0. The highest BCUT2D eigenvalue weighted by atomic mass is 35.5. The van der Waals surface area contributed by atoms with Crippen molar-refractivity contribution in [3.05, 3.63) is 64.9 Å². The van der Waals surface area contributed by atoms with Gasteiger partial charge in [0.15, 0.2) is 5.76 Å². The van der Waals surface area contributed by atoms with Gasteiger partial charge in [0.2, 0.25) is 0 Å². The van der Waals surface area contributed by atoms with Gasteiger partial charge in [-0.1, -0.05) is 23.7 Å². The number of imidazole rings is 1. The Morgan fingerprint density at radius 2 is 2.17 bits per heavy atom. The second-order valence-corrected chi connectivity index (χ2v) is 6.08. The first-order valence-corrected chi connectivity index (χ1v) is 7.87. The van der Waals surface area contributed by atoms with E-state index in [1.165, 1.54) is 0 Å². The number of hydrogen-bond donors (Lipinski definition) is 1. The molecule has 0 saturated carbocycles. The molecule has 0 spiro atoms. The third kappa shape index (κ3) is 3.10. The lowest BCUT2D eigenvalue weighted by molar-refractivity contribution is -0.129. The first kappa shape index (κ1) is 15.6. The van der Waals surface area contributed by atoms with E-state index in [0.717, 1.165) is 18.5 Å². The molecule has 2 aromatic rings. The molecule has 120 valence electrons. The Balaban J connectivity index is 1.78. The summed E-state index contributed by atoms with van der Waals surface area (Å²) in [5.41, 5.74) is 1.58. The Kier molecular flexibility index (Phi) is 4.39. The first-order chi connectivity index (χ1) is 11.1. The average Bonchev–Trinajstić information content (AvgIpc) is 3.11. The van der Waals surface area contributed by atoms with Gasteiger partial charge in [-0.3, -0.25) is 4.79 Å². The summed E-state index contributed by atoms with van der Waals surface area (Å²) in [6.07, 6.45) is 6.15. The number of carbonyl (C=O) groups is 1. The second kappa shape index (κ2) is 6.46. The molecule has 1 aliphatic heterocycles. The van der Waals surface area contributed by atoms with Crippen LogP contribution in [0.2, 0.25) is 5.02 Å². The zero-order chi connectivity index (χ0) is 16.4. The van der Waals surface area contributed by atoms with Gasteiger partial charge in [0.05, 0.1) is 12.4 Å². The molecule has 1 atom stereocenters. The first-order valence-electron chi connectivity index (χ1n) is 7.50. The molecule has 0 aliphatic carbocycles. The van der Waals surface area contributed by atoms with Crippen molar-refractivity contribution < 1.29 is 9.90 Å². The van der Waals surface area contributed by atoms with Gasteiger partial charge in [-0.25, -0.2) is 4.98 Å². The topological polar surface area (TPSA) is 58.4 Å². The molecule has 5 nitrogen and oxygen atoms in total. The van der Waals surface area contributed by atoms with Crippen LogP contribution in [0.15, 0.2) is 54.3 Å². The fourth-order valence-electron chi connectivity index (χ4n) is 2.97. The minimum Gasteiger partial charge on any atom is -0.503 e. The molecule has 1 aromatic carbocycles. The van der Waals surface area contributed by atoms with Crippen LogP contribution in [0.1, 0.15) is 24.9 Å². The van der Waals surface area contributed by atoms with Crippen molar-refractivity contribution in [1.82, 2.24) is 14.5 Å². The molecule has 0 saturated heterocycles. The minimum absolute atomic E-state index is 0.155. The zero-order valence-electron chi connectivity index (χ0n) is 12.8. The van der Waals surface area contributed by atoms with E-state index in [2.05, 4.69) is 4.98 Å². The van der Waals surface area contributed by atoms with Crippen molar-refractivity contribution >= 4 is 17.5 Å². The average molecular weight is 332 g/mol. The molecule has 0 fully saturated rings. The Hall–Kier alpha value is -2.27. The predicted molar refractivity (Wildman–Crippen MR) is 88.1 cm³/mol. The normalized spacial score (nSPS) is 18.1. The Bertz CT molecular complexity index is 740. The lowest BCUT2D eigenvalue weighted by Gasteiger charge is -2.26. The summed E-state index contributed by atoms with van der Waals surface area (Å²) in [6.45, 7) is 3.11. The Morgan fingerprint density at radius 3 is 2.87 bits per heavy atom. The van der Waals surface area contributed by atoms with Gasteiger partial charge in [0, 0.05) is 36.1 Å².